The fraction of sp³-hybridized carbons (Fsp3) is 0.800. The summed E-state index contributed by atoms with van der Waals surface area (Å²) in [4.78, 5) is 24.0. The summed E-state index contributed by atoms with van der Waals surface area (Å²) in [5.74, 6) is -0.510. The van der Waals surface area contributed by atoms with Gasteiger partial charge in [-0.2, -0.15) is 13.2 Å². The van der Waals surface area contributed by atoms with Gasteiger partial charge < -0.3 is 10.2 Å². The number of amides is 2. The van der Waals surface area contributed by atoms with Gasteiger partial charge in [-0.3, -0.25) is 9.59 Å². The standard InChI is InChI=1S/C10H15F3N2O2/c1-7-9(17)14-6-8(16)15(7)5-3-2-4-10(11,12)13/h7H,2-6H2,1H3,(H,14,17). The molecule has 0 saturated carbocycles. The molecule has 7 heteroatoms. The Morgan fingerprint density at radius 3 is 2.59 bits per heavy atom. The van der Waals surface area contributed by atoms with Crippen LogP contribution >= 0.6 is 0 Å². The van der Waals surface area contributed by atoms with Crippen LogP contribution in [0.3, 0.4) is 0 Å². The predicted octanol–water partition coefficient (Wildman–Crippen LogP) is 1.07. The van der Waals surface area contributed by atoms with Gasteiger partial charge in [-0.1, -0.05) is 0 Å². The van der Waals surface area contributed by atoms with Crippen LogP contribution in [0.15, 0.2) is 0 Å². The third-order valence-electron chi connectivity index (χ3n) is 2.69. The van der Waals surface area contributed by atoms with Crippen LogP contribution in [0.4, 0.5) is 13.2 Å². The van der Waals surface area contributed by atoms with Crippen molar-refractivity contribution in [2.24, 2.45) is 0 Å². The number of hydrogen-bond donors (Lipinski definition) is 1. The van der Waals surface area contributed by atoms with Gasteiger partial charge in [-0.15, -0.1) is 0 Å². The summed E-state index contributed by atoms with van der Waals surface area (Å²) in [6.07, 6.45) is -4.78. The van der Waals surface area contributed by atoms with Crippen LogP contribution in [-0.4, -0.2) is 42.0 Å². The Labute approximate surface area is 97.1 Å². The van der Waals surface area contributed by atoms with Crippen LogP contribution in [0, 0.1) is 0 Å². The molecule has 1 aliphatic rings. The number of carbonyl (C=O) groups is 2. The first kappa shape index (κ1) is 13.8. The van der Waals surface area contributed by atoms with Crippen LogP contribution in [-0.2, 0) is 9.59 Å². The van der Waals surface area contributed by atoms with Crippen molar-refractivity contribution in [1.82, 2.24) is 10.2 Å². The van der Waals surface area contributed by atoms with Gasteiger partial charge in [0.05, 0.1) is 6.54 Å². The summed E-state index contributed by atoms with van der Waals surface area (Å²) >= 11 is 0. The highest BCUT2D eigenvalue weighted by Gasteiger charge is 2.31. The normalized spacial score (nSPS) is 21.6. The Hall–Kier alpha value is -1.27. The van der Waals surface area contributed by atoms with Gasteiger partial charge >= 0.3 is 6.18 Å². The SMILES string of the molecule is CC1C(=O)NCC(=O)N1CCCCC(F)(F)F. The van der Waals surface area contributed by atoms with E-state index < -0.39 is 18.6 Å². The average molecular weight is 252 g/mol. The Morgan fingerprint density at radius 1 is 1.35 bits per heavy atom. The predicted molar refractivity (Wildman–Crippen MR) is 54.1 cm³/mol. The average Bonchev–Trinajstić information content (AvgIpc) is 2.21. The van der Waals surface area contributed by atoms with E-state index in [1.54, 1.807) is 6.92 Å². The zero-order valence-electron chi connectivity index (χ0n) is 9.51. The summed E-state index contributed by atoms with van der Waals surface area (Å²) in [6, 6.07) is -0.595. The Balaban J connectivity index is 2.34. The zero-order chi connectivity index (χ0) is 13.1. The summed E-state index contributed by atoms with van der Waals surface area (Å²) in [5.41, 5.74) is 0. The number of nitrogens with one attached hydrogen (secondary N) is 1. The summed E-state index contributed by atoms with van der Waals surface area (Å²) < 4.78 is 35.7. The topological polar surface area (TPSA) is 49.4 Å². The van der Waals surface area contributed by atoms with Gasteiger partial charge in [-0.25, -0.2) is 0 Å². The number of carbonyl (C=O) groups excluding carboxylic acids is 2. The third kappa shape index (κ3) is 4.24. The highest BCUT2D eigenvalue weighted by atomic mass is 19.4. The second-order valence-electron chi connectivity index (χ2n) is 4.05. The quantitative estimate of drug-likeness (QED) is 0.761. The molecule has 2 amide bonds. The molecular formula is C10H15F3N2O2. The molecule has 0 spiro atoms. The van der Waals surface area contributed by atoms with E-state index >= 15 is 0 Å². The first-order valence-corrected chi connectivity index (χ1v) is 5.45. The Kier molecular flexibility index (Phi) is 4.36. The molecule has 1 atom stereocenters. The summed E-state index contributed by atoms with van der Waals surface area (Å²) in [5, 5.41) is 2.42. The van der Waals surface area contributed by atoms with E-state index in [4.69, 9.17) is 0 Å². The number of piperazine rings is 1. The van der Waals surface area contributed by atoms with Crippen molar-refractivity contribution >= 4 is 11.8 Å². The molecule has 1 saturated heterocycles. The van der Waals surface area contributed by atoms with Gasteiger partial charge in [0, 0.05) is 13.0 Å². The molecule has 0 aromatic carbocycles. The molecule has 1 aliphatic heterocycles. The van der Waals surface area contributed by atoms with Crippen molar-refractivity contribution in [1.29, 1.82) is 0 Å². The van der Waals surface area contributed by atoms with Gasteiger partial charge in [0.2, 0.25) is 11.8 Å². The maximum atomic E-state index is 11.9. The van der Waals surface area contributed by atoms with Crippen LogP contribution in [0.5, 0.6) is 0 Å². The van der Waals surface area contributed by atoms with Crippen LogP contribution in [0.25, 0.3) is 0 Å². The van der Waals surface area contributed by atoms with Crippen LogP contribution in [0.1, 0.15) is 26.2 Å². The number of nitrogens with zero attached hydrogens (tertiary/aromatic N) is 1. The lowest BCUT2D eigenvalue weighted by Gasteiger charge is -2.32. The van der Waals surface area contributed by atoms with Crippen molar-refractivity contribution in [3.63, 3.8) is 0 Å². The number of halogens is 3. The second kappa shape index (κ2) is 5.37. The smallest absolute Gasteiger partial charge is 0.345 e. The van der Waals surface area contributed by atoms with Crippen molar-refractivity contribution in [2.75, 3.05) is 13.1 Å². The fourth-order valence-electron chi connectivity index (χ4n) is 1.70. The molecule has 1 rings (SSSR count). The molecule has 0 aromatic heterocycles. The molecule has 1 N–H and O–H groups in total. The van der Waals surface area contributed by atoms with E-state index in [0.717, 1.165) is 0 Å². The van der Waals surface area contributed by atoms with Crippen molar-refractivity contribution in [3.8, 4) is 0 Å². The lowest BCUT2D eigenvalue weighted by atomic mass is 10.1. The monoisotopic (exact) mass is 252 g/mol. The van der Waals surface area contributed by atoms with E-state index in [1.807, 2.05) is 0 Å². The molecule has 17 heavy (non-hydrogen) atoms. The van der Waals surface area contributed by atoms with E-state index in [1.165, 1.54) is 4.90 Å². The molecule has 1 unspecified atom stereocenters. The number of unbranched alkanes of at least 4 members (excludes halogenated alkanes) is 1. The maximum absolute atomic E-state index is 11.9. The van der Waals surface area contributed by atoms with Crippen molar-refractivity contribution < 1.29 is 22.8 Å². The number of rotatable bonds is 4. The van der Waals surface area contributed by atoms with E-state index in [9.17, 15) is 22.8 Å². The third-order valence-corrected chi connectivity index (χ3v) is 2.69. The molecule has 0 radical (unpaired) electrons. The summed E-state index contributed by atoms with van der Waals surface area (Å²) in [6.45, 7) is 1.70. The summed E-state index contributed by atoms with van der Waals surface area (Å²) in [7, 11) is 0. The fourth-order valence-corrected chi connectivity index (χ4v) is 1.70. The minimum Gasteiger partial charge on any atom is -0.345 e. The minimum atomic E-state index is -4.16. The first-order chi connectivity index (χ1) is 7.81. The molecular weight excluding hydrogens is 237 g/mol. The minimum absolute atomic E-state index is 0.0262. The first-order valence-electron chi connectivity index (χ1n) is 5.45. The number of hydrogen-bond acceptors (Lipinski definition) is 2. The lowest BCUT2D eigenvalue weighted by Crippen LogP contribution is -2.57. The molecule has 0 aliphatic carbocycles. The van der Waals surface area contributed by atoms with Gasteiger partial charge in [0.25, 0.3) is 0 Å². The lowest BCUT2D eigenvalue weighted by molar-refractivity contribution is -0.145. The van der Waals surface area contributed by atoms with Crippen LogP contribution < -0.4 is 5.32 Å². The van der Waals surface area contributed by atoms with Gasteiger partial charge in [-0.05, 0) is 19.8 Å². The van der Waals surface area contributed by atoms with Crippen molar-refractivity contribution in [3.05, 3.63) is 0 Å². The Bertz CT molecular complexity index is 304. The second-order valence-corrected chi connectivity index (χ2v) is 4.05. The van der Waals surface area contributed by atoms with E-state index in [2.05, 4.69) is 5.32 Å². The highest BCUT2D eigenvalue weighted by Crippen LogP contribution is 2.22. The van der Waals surface area contributed by atoms with E-state index in [0.29, 0.717) is 0 Å². The molecule has 0 bridgehead atoms. The molecule has 98 valence electrons. The molecule has 1 fully saturated rings. The zero-order valence-corrected chi connectivity index (χ0v) is 9.51. The molecule has 1 heterocycles. The Morgan fingerprint density at radius 2 is 2.00 bits per heavy atom. The van der Waals surface area contributed by atoms with Gasteiger partial charge in [0.15, 0.2) is 0 Å². The largest absolute Gasteiger partial charge is 0.389 e. The highest BCUT2D eigenvalue weighted by molar-refractivity contribution is 5.94. The van der Waals surface area contributed by atoms with Crippen LogP contribution in [0.2, 0.25) is 0 Å². The van der Waals surface area contributed by atoms with E-state index in [-0.39, 0.29) is 37.7 Å². The maximum Gasteiger partial charge on any atom is 0.389 e. The number of alkyl halides is 3. The molecule has 0 aromatic rings. The van der Waals surface area contributed by atoms with Crippen molar-refractivity contribution in [2.45, 2.75) is 38.4 Å². The molecule has 4 nitrogen and oxygen atoms in total. The van der Waals surface area contributed by atoms with Gasteiger partial charge in [0.1, 0.15) is 6.04 Å².